The summed E-state index contributed by atoms with van der Waals surface area (Å²) in [6, 6.07) is 4.32. The van der Waals surface area contributed by atoms with E-state index in [9.17, 15) is 14.7 Å². The molecule has 0 radical (unpaired) electrons. The van der Waals surface area contributed by atoms with E-state index in [-0.39, 0.29) is 16.6 Å². The number of carboxylic acid groups (broad SMARTS) is 1. The van der Waals surface area contributed by atoms with Gasteiger partial charge in [-0.05, 0) is 37.5 Å². The monoisotopic (exact) mass is 340 g/mol. The van der Waals surface area contributed by atoms with E-state index in [2.05, 4.69) is 4.98 Å². The van der Waals surface area contributed by atoms with Crippen LogP contribution in [0, 0.1) is 0 Å². The second-order valence-electron chi connectivity index (χ2n) is 5.35. The van der Waals surface area contributed by atoms with Gasteiger partial charge in [-0.2, -0.15) is 0 Å². The van der Waals surface area contributed by atoms with Gasteiger partial charge in [-0.3, -0.25) is 4.79 Å². The first kappa shape index (κ1) is 15.2. The fourth-order valence-electron chi connectivity index (χ4n) is 2.85. The van der Waals surface area contributed by atoms with Gasteiger partial charge in [-0.15, -0.1) is 0 Å². The highest BCUT2D eigenvalue weighted by atomic mass is 35.5. The molecule has 1 fully saturated rings. The molecule has 1 aromatic carbocycles. The van der Waals surface area contributed by atoms with E-state index in [0.29, 0.717) is 28.9 Å². The first-order valence-corrected chi connectivity index (χ1v) is 7.75. The van der Waals surface area contributed by atoms with Crippen LogP contribution in [0.4, 0.5) is 0 Å². The molecule has 1 aromatic heterocycles. The topological polar surface area (TPSA) is 73.4 Å². The molecule has 5 nitrogen and oxygen atoms in total. The summed E-state index contributed by atoms with van der Waals surface area (Å²) in [6.07, 6.45) is 2.06. The zero-order chi connectivity index (χ0) is 15.9. The van der Waals surface area contributed by atoms with Crippen LogP contribution < -0.4 is 0 Å². The summed E-state index contributed by atoms with van der Waals surface area (Å²) < 4.78 is 0. The SMILES string of the molecule is O=C(O)[C@H]1CCCCN1C(=O)c1[nH]c2ccc(Cl)cc2c1Cl. The number of carbonyl (C=O) groups is 2. The van der Waals surface area contributed by atoms with Crippen molar-refractivity contribution >= 4 is 46.0 Å². The number of carbonyl (C=O) groups excluding carboxylic acids is 1. The molecule has 1 aliphatic rings. The number of benzene rings is 1. The summed E-state index contributed by atoms with van der Waals surface area (Å²) in [7, 11) is 0. The number of likely N-dealkylation sites (tertiary alicyclic amines) is 1. The minimum atomic E-state index is -0.983. The Kier molecular flexibility index (Phi) is 4.02. The molecule has 0 aliphatic carbocycles. The van der Waals surface area contributed by atoms with Gasteiger partial charge in [0.15, 0.2) is 0 Å². The van der Waals surface area contributed by atoms with Crippen LogP contribution in [0.3, 0.4) is 0 Å². The third-order valence-electron chi connectivity index (χ3n) is 3.96. The molecule has 0 spiro atoms. The lowest BCUT2D eigenvalue weighted by molar-refractivity contribution is -0.143. The van der Waals surface area contributed by atoms with E-state index >= 15 is 0 Å². The molecule has 116 valence electrons. The van der Waals surface area contributed by atoms with Crippen LogP contribution in [0.1, 0.15) is 29.8 Å². The number of piperidine rings is 1. The van der Waals surface area contributed by atoms with Crippen molar-refractivity contribution in [1.29, 1.82) is 0 Å². The molecular weight excluding hydrogens is 327 g/mol. The summed E-state index contributed by atoms with van der Waals surface area (Å²) in [5, 5.41) is 10.7. The summed E-state index contributed by atoms with van der Waals surface area (Å²) in [5.41, 5.74) is 0.911. The van der Waals surface area contributed by atoms with Gasteiger partial charge in [0.2, 0.25) is 0 Å². The number of carboxylic acids is 1. The Balaban J connectivity index is 2.01. The van der Waals surface area contributed by atoms with Crippen molar-refractivity contribution in [2.75, 3.05) is 6.54 Å². The Labute approximate surface area is 136 Å². The summed E-state index contributed by atoms with van der Waals surface area (Å²) in [4.78, 5) is 28.4. The van der Waals surface area contributed by atoms with Crippen molar-refractivity contribution < 1.29 is 14.7 Å². The van der Waals surface area contributed by atoms with Crippen LogP contribution in [-0.2, 0) is 4.79 Å². The number of halogens is 2. The minimum absolute atomic E-state index is 0.215. The number of fused-ring (bicyclic) bond motifs is 1. The van der Waals surface area contributed by atoms with Gasteiger partial charge in [-0.25, -0.2) is 4.79 Å². The average molecular weight is 341 g/mol. The van der Waals surface area contributed by atoms with Crippen molar-refractivity contribution in [2.24, 2.45) is 0 Å². The smallest absolute Gasteiger partial charge is 0.326 e. The standard InChI is InChI=1S/C15H14Cl2N2O3/c16-8-4-5-10-9(7-8)12(17)13(18-10)14(20)19-6-2-1-3-11(19)15(21)22/h4-5,7,11,18H,1-3,6H2,(H,21,22)/t11-/m1/s1. The van der Waals surface area contributed by atoms with Crippen LogP contribution >= 0.6 is 23.2 Å². The third-order valence-corrected chi connectivity index (χ3v) is 4.59. The first-order chi connectivity index (χ1) is 10.5. The lowest BCUT2D eigenvalue weighted by atomic mass is 10.0. The van der Waals surface area contributed by atoms with E-state index in [1.807, 2.05) is 0 Å². The summed E-state index contributed by atoms with van der Waals surface area (Å²) in [5.74, 6) is -1.37. The van der Waals surface area contributed by atoms with Gasteiger partial charge in [0, 0.05) is 22.5 Å². The zero-order valence-electron chi connectivity index (χ0n) is 11.6. The predicted molar refractivity (Wildman–Crippen MR) is 84.6 cm³/mol. The molecule has 0 saturated carbocycles. The van der Waals surface area contributed by atoms with Crippen molar-refractivity contribution in [1.82, 2.24) is 9.88 Å². The normalized spacial score (nSPS) is 18.6. The number of aromatic amines is 1. The summed E-state index contributed by atoms with van der Waals surface area (Å²) in [6.45, 7) is 0.419. The predicted octanol–water partition coefficient (Wildman–Crippen LogP) is 3.55. The van der Waals surface area contributed by atoms with Crippen LogP contribution in [0.5, 0.6) is 0 Å². The highest BCUT2D eigenvalue weighted by Crippen LogP contribution is 2.31. The van der Waals surface area contributed by atoms with E-state index < -0.39 is 12.0 Å². The van der Waals surface area contributed by atoms with Gasteiger partial charge in [0.05, 0.1) is 5.02 Å². The Morgan fingerprint density at radius 1 is 1.27 bits per heavy atom. The Hall–Kier alpha value is -1.72. The average Bonchev–Trinajstić information content (AvgIpc) is 2.83. The first-order valence-electron chi connectivity index (χ1n) is 6.99. The molecule has 0 unspecified atom stereocenters. The Bertz CT molecular complexity index is 757. The molecule has 1 amide bonds. The molecule has 1 aliphatic heterocycles. The maximum Gasteiger partial charge on any atom is 0.326 e. The quantitative estimate of drug-likeness (QED) is 0.877. The second-order valence-corrected chi connectivity index (χ2v) is 6.17. The number of hydrogen-bond donors (Lipinski definition) is 2. The minimum Gasteiger partial charge on any atom is -0.480 e. The Morgan fingerprint density at radius 3 is 2.77 bits per heavy atom. The number of aromatic nitrogens is 1. The molecule has 7 heteroatoms. The van der Waals surface area contributed by atoms with Crippen molar-refractivity contribution in [3.8, 4) is 0 Å². The number of amides is 1. The third kappa shape index (κ3) is 2.55. The number of nitrogens with zero attached hydrogens (tertiary/aromatic N) is 1. The van der Waals surface area contributed by atoms with Crippen LogP contribution in [0.15, 0.2) is 18.2 Å². The fraction of sp³-hybridized carbons (Fsp3) is 0.333. The number of hydrogen-bond acceptors (Lipinski definition) is 2. The van der Waals surface area contributed by atoms with E-state index in [1.165, 1.54) is 4.90 Å². The van der Waals surface area contributed by atoms with E-state index in [4.69, 9.17) is 23.2 Å². The molecule has 22 heavy (non-hydrogen) atoms. The van der Waals surface area contributed by atoms with E-state index in [1.54, 1.807) is 18.2 Å². The van der Waals surface area contributed by atoms with Gasteiger partial charge < -0.3 is 15.0 Å². The zero-order valence-corrected chi connectivity index (χ0v) is 13.1. The largest absolute Gasteiger partial charge is 0.480 e. The van der Waals surface area contributed by atoms with Crippen molar-refractivity contribution in [2.45, 2.75) is 25.3 Å². The molecular formula is C15H14Cl2N2O3. The second kappa shape index (κ2) is 5.82. The van der Waals surface area contributed by atoms with Gasteiger partial charge in [0.25, 0.3) is 5.91 Å². The van der Waals surface area contributed by atoms with Crippen molar-refractivity contribution in [3.05, 3.63) is 33.9 Å². The maximum absolute atomic E-state index is 12.7. The highest BCUT2D eigenvalue weighted by molar-refractivity contribution is 6.39. The lowest BCUT2D eigenvalue weighted by Crippen LogP contribution is -2.48. The summed E-state index contributed by atoms with van der Waals surface area (Å²) >= 11 is 12.2. The van der Waals surface area contributed by atoms with Gasteiger partial charge in [-0.1, -0.05) is 23.2 Å². The lowest BCUT2D eigenvalue weighted by Gasteiger charge is -2.32. The molecule has 2 N–H and O–H groups in total. The molecule has 2 aromatic rings. The number of H-pyrrole nitrogens is 1. The Morgan fingerprint density at radius 2 is 2.05 bits per heavy atom. The molecule has 2 heterocycles. The maximum atomic E-state index is 12.7. The molecule has 1 atom stereocenters. The van der Waals surface area contributed by atoms with Gasteiger partial charge in [0.1, 0.15) is 11.7 Å². The number of rotatable bonds is 2. The molecule has 0 bridgehead atoms. The highest BCUT2D eigenvalue weighted by Gasteiger charge is 2.34. The fourth-order valence-corrected chi connectivity index (χ4v) is 3.31. The number of aliphatic carboxylic acids is 1. The van der Waals surface area contributed by atoms with Crippen LogP contribution in [0.2, 0.25) is 10.0 Å². The van der Waals surface area contributed by atoms with Crippen molar-refractivity contribution in [3.63, 3.8) is 0 Å². The van der Waals surface area contributed by atoms with E-state index in [0.717, 1.165) is 12.8 Å². The molecule has 1 saturated heterocycles. The number of nitrogens with one attached hydrogen (secondary N) is 1. The van der Waals surface area contributed by atoms with Crippen LogP contribution in [0.25, 0.3) is 10.9 Å². The van der Waals surface area contributed by atoms with Gasteiger partial charge >= 0.3 is 5.97 Å². The van der Waals surface area contributed by atoms with Crippen LogP contribution in [-0.4, -0.2) is 39.5 Å². The molecule has 3 rings (SSSR count).